The van der Waals surface area contributed by atoms with E-state index in [-0.39, 0.29) is 30.8 Å². The zero-order valence-electron chi connectivity index (χ0n) is 21.4. The normalized spacial score (nSPS) is 12.6. The quantitative estimate of drug-likeness (QED) is 0.320. The number of carbonyl (C=O) groups is 2. The highest BCUT2D eigenvalue weighted by atomic mass is 35.5. The van der Waals surface area contributed by atoms with Gasteiger partial charge < -0.3 is 10.2 Å². The average molecular weight is 526 g/mol. The molecule has 3 aromatic carbocycles. The van der Waals surface area contributed by atoms with E-state index in [0.29, 0.717) is 22.0 Å². The molecule has 0 saturated heterocycles. The molecule has 0 bridgehead atoms. The molecule has 0 heterocycles. The van der Waals surface area contributed by atoms with Crippen LogP contribution < -0.4 is 5.32 Å². The number of nitrogens with zero attached hydrogens (tertiary/aromatic N) is 1. The molecule has 2 amide bonds. The van der Waals surface area contributed by atoms with Crippen LogP contribution in [0.2, 0.25) is 10.0 Å². The largest absolute Gasteiger partial charge is 0.352 e. The van der Waals surface area contributed by atoms with Gasteiger partial charge in [0.25, 0.3) is 0 Å². The van der Waals surface area contributed by atoms with Crippen molar-refractivity contribution in [2.75, 3.05) is 0 Å². The molecule has 0 aromatic heterocycles. The second-order valence-electron chi connectivity index (χ2n) is 9.34. The van der Waals surface area contributed by atoms with Crippen molar-refractivity contribution in [3.8, 4) is 0 Å². The fourth-order valence-corrected chi connectivity index (χ4v) is 4.56. The summed E-state index contributed by atoms with van der Waals surface area (Å²) in [5.74, 6) is -0.348. The molecule has 0 radical (unpaired) electrons. The fourth-order valence-electron chi connectivity index (χ4n) is 4.04. The van der Waals surface area contributed by atoms with Crippen molar-refractivity contribution in [1.29, 1.82) is 0 Å². The van der Waals surface area contributed by atoms with Gasteiger partial charge in [0.05, 0.1) is 6.42 Å². The molecule has 6 heteroatoms. The van der Waals surface area contributed by atoms with Crippen LogP contribution in [0.4, 0.5) is 0 Å². The smallest absolute Gasteiger partial charge is 0.243 e. The first-order valence-corrected chi connectivity index (χ1v) is 13.1. The van der Waals surface area contributed by atoms with Gasteiger partial charge in [-0.2, -0.15) is 0 Å². The first-order valence-electron chi connectivity index (χ1n) is 12.3. The summed E-state index contributed by atoms with van der Waals surface area (Å²) in [7, 11) is 0. The molecule has 0 aliphatic heterocycles. The van der Waals surface area contributed by atoms with Crippen molar-refractivity contribution in [2.45, 2.75) is 65.6 Å². The molecule has 0 saturated carbocycles. The van der Waals surface area contributed by atoms with Gasteiger partial charge in [-0.15, -0.1) is 0 Å². The third-order valence-electron chi connectivity index (χ3n) is 6.59. The van der Waals surface area contributed by atoms with E-state index in [2.05, 4.69) is 5.32 Å². The highest BCUT2D eigenvalue weighted by Crippen LogP contribution is 2.28. The molecule has 0 unspecified atom stereocenters. The first-order chi connectivity index (χ1) is 17.2. The van der Waals surface area contributed by atoms with Crippen LogP contribution in [0.15, 0.2) is 66.7 Å². The second-order valence-corrected chi connectivity index (χ2v) is 10.2. The SMILES string of the molecule is CC[C@H](C)NC(=O)[C@@H](Cc1ccccc1)N(Cc1c(Cl)cccc1Cl)C(=O)Cc1ccc(C)c(C)c1. The first kappa shape index (κ1) is 27.8. The Hall–Kier alpha value is -2.82. The third kappa shape index (κ3) is 7.35. The maximum atomic E-state index is 13.9. The number of nitrogens with one attached hydrogen (secondary N) is 1. The maximum absolute atomic E-state index is 13.9. The van der Waals surface area contributed by atoms with E-state index in [0.717, 1.165) is 23.1 Å². The predicted octanol–water partition coefficient (Wildman–Crippen LogP) is 6.71. The summed E-state index contributed by atoms with van der Waals surface area (Å²) in [5.41, 5.74) is 4.79. The number of halogens is 2. The van der Waals surface area contributed by atoms with Crippen LogP contribution in [0.3, 0.4) is 0 Å². The minimum absolute atomic E-state index is 0.0172. The molecular formula is C30H34Cl2N2O2. The van der Waals surface area contributed by atoms with E-state index >= 15 is 0 Å². The van der Waals surface area contributed by atoms with E-state index in [9.17, 15) is 9.59 Å². The molecule has 3 rings (SSSR count). The van der Waals surface area contributed by atoms with Crippen molar-refractivity contribution in [3.63, 3.8) is 0 Å². The van der Waals surface area contributed by atoms with Crippen molar-refractivity contribution in [1.82, 2.24) is 10.2 Å². The van der Waals surface area contributed by atoms with Gasteiger partial charge in [-0.1, -0.05) is 84.7 Å². The molecule has 0 aliphatic carbocycles. The molecule has 1 N–H and O–H groups in total. The molecule has 0 aliphatic rings. The summed E-state index contributed by atoms with van der Waals surface area (Å²) in [4.78, 5) is 29.1. The Morgan fingerprint density at radius 3 is 2.17 bits per heavy atom. The summed E-state index contributed by atoms with van der Waals surface area (Å²) in [5, 5.41) is 4.01. The van der Waals surface area contributed by atoms with Gasteiger partial charge in [0.15, 0.2) is 0 Å². The molecule has 3 aromatic rings. The molecule has 0 spiro atoms. The van der Waals surface area contributed by atoms with Crippen molar-refractivity contribution < 1.29 is 9.59 Å². The van der Waals surface area contributed by atoms with Gasteiger partial charge in [0, 0.05) is 34.6 Å². The Bertz CT molecular complexity index is 1180. The van der Waals surface area contributed by atoms with Crippen LogP contribution in [0.25, 0.3) is 0 Å². The van der Waals surface area contributed by atoms with Gasteiger partial charge in [0.1, 0.15) is 6.04 Å². The monoisotopic (exact) mass is 524 g/mol. The number of hydrogen-bond acceptors (Lipinski definition) is 2. The van der Waals surface area contributed by atoms with Crippen LogP contribution in [0.1, 0.15) is 48.1 Å². The number of amides is 2. The van der Waals surface area contributed by atoms with Gasteiger partial charge in [0.2, 0.25) is 11.8 Å². The Morgan fingerprint density at radius 1 is 0.889 bits per heavy atom. The molecule has 190 valence electrons. The third-order valence-corrected chi connectivity index (χ3v) is 7.30. The van der Waals surface area contributed by atoms with E-state index in [1.54, 1.807) is 23.1 Å². The van der Waals surface area contributed by atoms with E-state index < -0.39 is 6.04 Å². The van der Waals surface area contributed by atoms with Crippen LogP contribution >= 0.6 is 23.2 Å². The van der Waals surface area contributed by atoms with Crippen molar-refractivity contribution >= 4 is 35.0 Å². The topological polar surface area (TPSA) is 49.4 Å². The summed E-state index contributed by atoms with van der Waals surface area (Å²) >= 11 is 13.0. The fraction of sp³-hybridized carbons (Fsp3) is 0.333. The number of benzene rings is 3. The van der Waals surface area contributed by atoms with E-state index in [4.69, 9.17) is 23.2 Å². The van der Waals surface area contributed by atoms with Crippen molar-refractivity contribution in [3.05, 3.63) is 105 Å². The van der Waals surface area contributed by atoms with Gasteiger partial charge in [-0.3, -0.25) is 9.59 Å². The predicted molar refractivity (Wildman–Crippen MR) is 148 cm³/mol. The van der Waals surface area contributed by atoms with Crippen LogP contribution in [-0.4, -0.2) is 28.8 Å². The van der Waals surface area contributed by atoms with E-state index in [1.165, 1.54) is 5.56 Å². The lowest BCUT2D eigenvalue weighted by molar-refractivity contribution is -0.141. The minimum Gasteiger partial charge on any atom is -0.352 e. The summed E-state index contributed by atoms with van der Waals surface area (Å²) in [6, 6.07) is 20.3. The Morgan fingerprint density at radius 2 is 1.56 bits per heavy atom. The highest BCUT2D eigenvalue weighted by molar-refractivity contribution is 6.36. The molecular weight excluding hydrogens is 491 g/mol. The van der Waals surface area contributed by atoms with Crippen LogP contribution in [-0.2, 0) is 29.0 Å². The van der Waals surface area contributed by atoms with Gasteiger partial charge in [-0.05, 0) is 61.6 Å². The Kier molecular flexibility index (Phi) is 9.98. The number of hydrogen-bond donors (Lipinski definition) is 1. The molecule has 2 atom stereocenters. The lowest BCUT2D eigenvalue weighted by Crippen LogP contribution is -2.52. The van der Waals surface area contributed by atoms with Crippen LogP contribution in [0, 0.1) is 13.8 Å². The van der Waals surface area contributed by atoms with Gasteiger partial charge >= 0.3 is 0 Å². The summed E-state index contributed by atoms with van der Waals surface area (Å²) in [6.45, 7) is 8.19. The Balaban J connectivity index is 2.03. The Labute approximate surface area is 224 Å². The highest BCUT2D eigenvalue weighted by Gasteiger charge is 2.32. The molecule has 0 fully saturated rings. The van der Waals surface area contributed by atoms with E-state index in [1.807, 2.05) is 76.2 Å². The molecule has 36 heavy (non-hydrogen) atoms. The second kappa shape index (κ2) is 12.9. The standard InChI is InChI=1S/C30H34Cl2N2O2/c1-5-22(4)33-30(36)28(17-23-10-7-6-8-11-23)34(19-25-26(31)12-9-13-27(25)32)29(35)18-24-15-14-20(2)21(3)16-24/h6-16,22,28H,5,17-19H2,1-4H3,(H,33,36)/t22-,28+/m0/s1. The summed E-state index contributed by atoms with van der Waals surface area (Å²) < 4.78 is 0. The number of aryl methyl sites for hydroxylation is 2. The lowest BCUT2D eigenvalue weighted by Gasteiger charge is -2.33. The summed E-state index contributed by atoms with van der Waals surface area (Å²) in [6.07, 6.45) is 1.34. The van der Waals surface area contributed by atoms with Gasteiger partial charge in [-0.25, -0.2) is 0 Å². The zero-order chi connectivity index (χ0) is 26.2. The van der Waals surface area contributed by atoms with Crippen molar-refractivity contribution in [2.24, 2.45) is 0 Å². The zero-order valence-corrected chi connectivity index (χ0v) is 22.9. The lowest BCUT2D eigenvalue weighted by atomic mass is 10.00. The average Bonchev–Trinajstić information content (AvgIpc) is 2.85. The minimum atomic E-state index is -0.729. The number of rotatable bonds is 10. The molecule has 4 nitrogen and oxygen atoms in total. The maximum Gasteiger partial charge on any atom is 0.243 e. The number of carbonyl (C=O) groups excluding carboxylic acids is 2. The van der Waals surface area contributed by atoms with Crippen LogP contribution in [0.5, 0.6) is 0 Å².